The Kier molecular flexibility index (Phi) is 6.95. The van der Waals surface area contributed by atoms with Crippen LogP contribution in [-0.4, -0.2) is 45.3 Å². The number of aromatic nitrogens is 4. The third-order valence-corrected chi connectivity index (χ3v) is 5.42. The molecule has 1 fully saturated rings. The van der Waals surface area contributed by atoms with E-state index in [0.717, 1.165) is 25.2 Å². The third-order valence-electron chi connectivity index (χ3n) is 5.42. The summed E-state index contributed by atoms with van der Waals surface area (Å²) in [6.07, 6.45) is 12.6. The van der Waals surface area contributed by atoms with Crippen LogP contribution in [-0.2, 0) is 4.79 Å². The topological polar surface area (TPSA) is 105 Å². The van der Waals surface area contributed by atoms with E-state index in [2.05, 4.69) is 20.1 Å². The van der Waals surface area contributed by atoms with Crippen molar-refractivity contribution in [2.24, 2.45) is 5.92 Å². The fraction of sp³-hybridized carbons (Fsp3) is 0.650. The van der Waals surface area contributed by atoms with E-state index in [0.29, 0.717) is 23.2 Å². The lowest BCUT2D eigenvalue weighted by Crippen LogP contribution is -2.13. The van der Waals surface area contributed by atoms with Crippen LogP contribution in [0.1, 0.15) is 69.6 Å². The quantitative estimate of drug-likeness (QED) is 0.690. The van der Waals surface area contributed by atoms with Crippen LogP contribution in [0, 0.1) is 5.92 Å². The van der Waals surface area contributed by atoms with Crippen LogP contribution in [0.4, 0.5) is 5.82 Å². The Morgan fingerprint density at radius 1 is 1.25 bits per heavy atom. The van der Waals surface area contributed by atoms with Crippen molar-refractivity contribution < 1.29 is 14.4 Å². The minimum absolute atomic E-state index is 0.00664. The van der Waals surface area contributed by atoms with E-state index < -0.39 is 5.97 Å². The lowest BCUT2D eigenvalue weighted by molar-refractivity contribution is -0.137. The molecule has 1 aliphatic rings. The van der Waals surface area contributed by atoms with Crippen molar-refractivity contribution in [3.63, 3.8) is 0 Å². The van der Waals surface area contributed by atoms with Crippen molar-refractivity contribution in [3.8, 4) is 11.5 Å². The first-order chi connectivity index (χ1) is 13.5. The van der Waals surface area contributed by atoms with E-state index in [-0.39, 0.29) is 12.3 Å². The molecule has 3 rings (SSSR count). The molecule has 1 atom stereocenters. The maximum Gasteiger partial charge on any atom is 0.304 e. The molecule has 8 heteroatoms. The molecule has 0 aromatic carbocycles. The summed E-state index contributed by atoms with van der Waals surface area (Å²) in [5.41, 5.74) is 0.527. The van der Waals surface area contributed by atoms with Crippen molar-refractivity contribution in [1.82, 2.24) is 20.1 Å². The predicted molar refractivity (Wildman–Crippen MR) is 105 cm³/mol. The summed E-state index contributed by atoms with van der Waals surface area (Å²) in [4.78, 5) is 26.3. The molecular weight excluding hydrogens is 358 g/mol. The number of nitrogens with zero attached hydrogens (tertiary/aromatic N) is 5. The Labute approximate surface area is 165 Å². The van der Waals surface area contributed by atoms with Gasteiger partial charge < -0.3 is 14.5 Å². The molecule has 0 radical (unpaired) electrons. The monoisotopic (exact) mass is 387 g/mol. The van der Waals surface area contributed by atoms with Crippen LogP contribution < -0.4 is 4.90 Å². The molecule has 2 aromatic heterocycles. The fourth-order valence-electron chi connectivity index (χ4n) is 3.97. The van der Waals surface area contributed by atoms with Gasteiger partial charge in [-0.1, -0.05) is 50.1 Å². The SMILES string of the molecule is CN(C)c1nccnc1-c1noc(C(CCCC2CCCCC2)CC(=O)O)n1. The van der Waals surface area contributed by atoms with E-state index in [1.807, 2.05) is 19.0 Å². The van der Waals surface area contributed by atoms with E-state index in [9.17, 15) is 9.90 Å². The van der Waals surface area contributed by atoms with Crippen LogP contribution in [0.2, 0.25) is 0 Å². The summed E-state index contributed by atoms with van der Waals surface area (Å²) >= 11 is 0. The number of carbonyl (C=O) groups is 1. The number of anilines is 1. The molecule has 152 valence electrons. The first-order valence-electron chi connectivity index (χ1n) is 10.1. The Balaban J connectivity index is 1.70. The second-order valence-electron chi connectivity index (χ2n) is 7.81. The zero-order valence-corrected chi connectivity index (χ0v) is 16.7. The van der Waals surface area contributed by atoms with Crippen molar-refractivity contribution in [2.45, 2.75) is 63.7 Å². The number of carboxylic acids is 1. The Hall–Kier alpha value is -2.51. The minimum Gasteiger partial charge on any atom is -0.481 e. The maximum atomic E-state index is 11.3. The predicted octanol–water partition coefficient (Wildman–Crippen LogP) is 3.90. The highest BCUT2D eigenvalue weighted by Crippen LogP contribution is 2.32. The third kappa shape index (κ3) is 5.27. The van der Waals surface area contributed by atoms with Crippen molar-refractivity contribution in [2.75, 3.05) is 19.0 Å². The van der Waals surface area contributed by atoms with Gasteiger partial charge >= 0.3 is 5.97 Å². The molecule has 28 heavy (non-hydrogen) atoms. The van der Waals surface area contributed by atoms with Crippen LogP contribution in [0.3, 0.4) is 0 Å². The highest BCUT2D eigenvalue weighted by Gasteiger charge is 2.25. The summed E-state index contributed by atoms with van der Waals surface area (Å²) in [6.45, 7) is 0. The van der Waals surface area contributed by atoms with Gasteiger partial charge in [-0.25, -0.2) is 9.97 Å². The van der Waals surface area contributed by atoms with Crippen LogP contribution in [0.15, 0.2) is 16.9 Å². The summed E-state index contributed by atoms with van der Waals surface area (Å²) in [6, 6.07) is 0. The van der Waals surface area contributed by atoms with Gasteiger partial charge in [0.2, 0.25) is 11.7 Å². The van der Waals surface area contributed by atoms with E-state index in [1.165, 1.54) is 32.1 Å². The van der Waals surface area contributed by atoms with Crippen molar-refractivity contribution in [3.05, 3.63) is 18.3 Å². The van der Waals surface area contributed by atoms with Crippen LogP contribution >= 0.6 is 0 Å². The number of rotatable bonds is 9. The summed E-state index contributed by atoms with van der Waals surface area (Å²) in [7, 11) is 3.74. The Morgan fingerprint density at radius 3 is 2.71 bits per heavy atom. The minimum atomic E-state index is -0.851. The zero-order valence-electron chi connectivity index (χ0n) is 16.7. The lowest BCUT2D eigenvalue weighted by Gasteiger charge is -2.21. The highest BCUT2D eigenvalue weighted by molar-refractivity contribution is 5.68. The van der Waals surface area contributed by atoms with E-state index >= 15 is 0 Å². The largest absolute Gasteiger partial charge is 0.481 e. The molecule has 0 saturated heterocycles. The molecule has 0 amide bonds. The molecular formula is C20H29N5O3. The molecule has 0 bridgehead atoms. The van der Waals surface area contributed by atoms with Gasteiger partial charge in [-0.15, -0.1) is 0 Å². The van der Waals surface area contributed by atoms with Gasteiger partial charge in [0.05, 0.1) is 6.42 Å². The number of aliphatic carboxylic acids is 1. The molecule has 1 aliphatic carbocycles. The second kappa shape index (κ2) is 9.61. The van der Waals surface area contributed by atoms with Gasteiger partial charge in [0.15, 0.2) is 11.5 Å². The van der Waals surface area contributed by atoms with Crippen LogP contribution in [0.25, 0.3) is 11.5 Å². The van der Waals surface area contributed by atoms with E-state index in [1.54, 1.807) is 12.4 Å². The van der Waals surface area contributed by atoms with Crippen LogP contribution in [0.5, 0.6) is 0 Å². The summed E-state index contributed by atoms with van der Waals surface area (Å²) < 4.78 is 5.45. The number of carboxylic acid groups (broad SMARTS) is 1. The Bertz CT molecular complexity index is 771. The number of hydrogen-bond donors (Lipinski definition) is 1. The van der Waals surface area contributed by atoms with Gasteiger partial charge in [-0.2, -0.15) is 4.98 Å². The standard InChI is InChI=1S/C20H29N5O3/c1-25(2)19-17(21-11-12-22-19)18-23-20(28-24-18)15(13-16(26)27)10-6-9-14-7-4-3-5-8-14/h11-12,14-15H,3-10,13H2,1-2H3,(H,26,27). The van der Waals surface area contributed by atoms with Gasteiger partial charge in [-0.05, 0) is 12.3 Å². The van der Waals surface area contributed by atoms with Gasteiger partial charge in [-0.3, -0.25) is 4.79 Å². The normalized spacial score (nSPS) is 16.1. The lowest BCUT2D eigenvalue weighted by atomic mass is 9.84. The van der Waals surface area contributed by atoms with Crippen molar-refractivity contribution in [1.29, 1.82) is 0 Å². The van der Waals surface area contributed by atoms with E-state index in [4.69, 9.17) is 4.52 Å². The number of hydrogen-bond acceptors (Lipinski definition) is 7. The zero-order chi connectivity index (χ0) is 19.9. The molecule has 2 heterocycles. The molecule has 1 unspecified atom stereocenters. The molecule has 8 nitrogen and oxygen atoms in total. The molecule has 2 aromatic rings. The first kappa shape index (κ1) is 20.2. The van der Waals surface area contributed by atoms with Crippen molar-refractivity contribution >= 4 is 11.8 Å². The second-order valence-corrected chi connectivity index (χ2v) is 7.81. The molecule has 1 saturated carbocycles. The average molecular weight is 387 g/mol. The highest BCUT2D eigenvalue weighted by atomic mass is 16.5. The maximum absolute atomic E-state index is 11.3. The molecule has 0 aliphatic heterocycles. The smallest absolute Gasteiger partial charge is 0.304 e. The average Bonchev–Trinajstić information content (AvgIpc) is 3.18. The van der Waals surface area contributed by atoms with Gasteiger partial charge in [0.25, 0.3) is 0 Å². The molecule has 0 spiro atoms. The molecule has 1 N–H and O–H groups in total. The first-order valence-corrected chi connectivity index (χ1v) is 10.1. The van der Waals surface area contributed by atoms with Gasteiger partial charge in [0, 0.05) is 32.4 Å². The fourth-order valence-corrected chi connectivity index (χ4v) is 3.97. The van der Waals surface area contributed by atoms with Gasteiger partial charge in [0.1, 0.15) is 0 Å². The Morgan fingerprint density at radius 2 is 2.00 bits per heavy atom. The summed E-state index contributed by atoms with van der Waals surface area (Å²) in [5, 5.41) is 13.4. The summed E-state index contributed by atoms with van der Waals surface area (Å²) in [5.74, 6) is 1.00.